The highest BCUT2D eigenvalue weighted by molar-refractivity contribution is 4.53. The Labute approximate surface area is 150 Å². The molecule has 1 heterocycles. The van der Waals surface area contributed by atoms with Crippen molar-refractivity contribution >= 4 is 0 Å². The van der Waals surface area contributed by atoms with E-state index in [1.807, 2.05) is 0 Å². The van der Waals surface area contributed by atoms with Gasteiger partial charge in [-0.1, -0.05) is 0 Å². The van der Waals surface area contributed by atoms with E-state index in [4.69, 9.17) is 38.3 Å². The van der Waals surface area contributed by atoms with E-state index >= 15 is 0 Å². The van der Waals surface area contributed by atoms with Gasteiger partial charge >= 0.3 is 0 Å². The average Bonchev–Trinajstić information content (AvgIpc) is 2.65. The molecule has 0 spiro atoms. The standard InChI is InChI=1S/C17H34O8/c18-4-6-19-7-8-20-9-10-21-11-12-22-13-14-23-15-16-25-17-3-1-2-5-24-17/h17-18H,1-16H2. The topological polar surface area (TPSA) is 84.8 Å². The largest absolute Gasteiger partial charge is 0.394 e. The molecule has 1 unspecified atom stereocenters. The third kappa shape index (κ3) is 15.6. The molecule has 0 aliphatic carbocycles. The minimum Gasteiger partial charge on any atom is -0.394 e. The fourth-order valence-electron chi connectivity index (χ4n) is 2.13. The summed E-state index contributed by atoms with van der Waals surface area (Å²) in [5.41, 5.74) is 0. The van der Waals surface area contributed by atoms with E-state index in [0.29, 0.717) is 72.7 Å². The molecule has 25 heavy (non-hydrogen) atoms. The molecule has 1 saturated heterocycles. The predicted octanol–water partition coefficient (Wildman–Crippen LogP) is 0.605. The molecule has 0 aromatic rings. The Morgan fingerprint density at radius 1 is 0.640 bits per heavy atom. The third-order valence-corrected chi connectivity index (χ3v) is 3.39. The number of ether oxygens (including phenoxy) is 7. The lowest BCUT2D eigenvalue weighted by Crippen LogP contribution is -2.24. The summed E-state index contributed by atoms with van der Waals surface area (Å²) in [6, 6.07) is 0. The zero-order valence-corrected chi connectivity index (χ0v) is 15.2. The number of aliphatic hydroxyl groups excluding tert-OH is 1. The van der Waals surface area contributed by atoms with Gasteiger partial charge in [-0.2, -0.15) is 0 Å². The molecule has 1 aliphatic heterocycles. The van der Waals surface area contributed by atoms with E-state index in [1.165, 1.54) is 6.42 Å². The number of rotatable bonds is 18. The van der Waals surface area contributed by atoms with Crippen molar-refractivity contribution in [3.05, 3.63) is 0 Å². The van der Waals surface area contributed by atoms with Crippen molar-refractivity contribution in [1.29, 1.82) is 0 Å². The summed E-state index contributed by atoms with van der Waals surface area (Å²) in [7, 11) is 0. The Hall–Kier alpha value is -0.320. The van der Waals surface area contributed by atoms with E-state index in [2.05, 4.69) is 0 Å². The molecular formula is C17H34O8. The first-order valence-electron chi connectivity index (χ1n) is 9.16. The number of hydrogen-bond acceptors (Lipinski definition) is 8. The Bertz CT molecular complexity index is 261. The number of hydrogen-bond donors (Lipinski definition) is 1. The molecule has 1 rings (SSSR count). The lowest BCUT2D eigenvalue weighted by molar-refractivity contribution is -0.169. The van der Waals surface area contributed by atoms with Gasteiger partial charge in [0.1, 0.15) is 0 Å². The second-order valence-corrected chi connectivity index (χ2v) is 5.45. The summed E-state index contributed by atoms with van der Waals surface area (Å²) in [5, 5.41) is 8.52. The van der Waals surface area contributed by atoms with E-state index < -0.39 is 0 Å². The highest BCUT2D eigenvalue weighted by Gasteiger charge is 2.13. The van der Waals surface area contributed by atoms with Gasteiger partial charge in [0.2, 0.25) is 0 Å². The maximum absolute atomic E-state index is 8.52. The van der Waals surface area contributed by atoms with Gasteiger partial charge in [-0.25, -0.2) is 0 Å². The minimum atomic E-state index is -0.0530. The van der Waals surface area contributed by atoms with E-state index in [0.717, 1.165) is 19.4 Å². The molecule has 0 radical (unpaired) electrons. The van der Waals surface area contributed by atoms with Crippen molar-refractivity contribution in [1.82, 2.24) is 0 Å². The molecule has 150 valence electrons. The second-order valence-electron chi connectivity index (χ2n) is 5.45. The van der Waals surface area contributed by atoms with Crippen molar-refractivity contribution in [2.75, 3.05) is 85.9 Å². The van der Waals surface area contributed by atoms with Crippen molar-refractivity contribution in [3.63, 3.8) is 0 Å². The van der Waals surface area contributed by atoms with Crippen LogP contribution in [0.4, 0.5) is 0 Å². The van der Waals surface area contributed by atoms with Crippen LogP contribution in [0.3, 0.4) is 0 Å². The summed E-state index contributed by atoms with van der Waals surface area (Å²) in [5.74, 6) is 0. The smallest absolute Gasteiger partial charge is 0.157 e. The highest BCUT2D eigenvalue weighted by Crippen LogP contribution is 2.13. The van der Waals surface area contributed by atoms with Crippen molar-refractivity contribution < 1.29 is 38.3 Å². The normalized spacial score (nSPS) is 17.9. The fraction of sp³-hybridized carbons (Fsp3) is 1.00. The first-order valence-corrected chi connectivity index (χ1v) is 9.16. The monoisotopic (exact) mass is 366 g/mol. The quantitative estimate of drug-likeness (QED) is 0.353. The molecule has 8 heteroatoms. The van der Waals surface area contributed by atoms with Crippen LogP contribution in [0.5, 0.6) is 0 Å². The maximum atomic E-state index is 8.52. The van der Waals surface area contributed by atoms with Crippen molar-refractivity contribution in [2.45, 2.75) is 25.6 Å². The molecular weight excluding hydrogens is 332 g/mol. The van der Waals surface area contributed by atoms with Crippen molar-refractivity contribution in [2.24, 2.45) is 0 Å². The molecule has 1 atom stereocenters. The van der Waals surface area contributed by atoms with Crippen LogP contribution >= 0.6 is 0 Å². The summed E-state index contributed by atoms with van der Waals surface area (Å²) in [4.78, 5) is 0. The van der Waals surface area contributed by atoms with E-state index in [-0.39, 0.29) is 12.9 Å². The molecule has 8 nitrogen and oxygen atoms in total. The van der Waals surface area contributed by atoms with Gasteiger partial charge in [0.05, 0.1) is 79.3 Å². The SMILES string of the molecule is OCCOCCOCCOCCOCCOCCOC1CCCCO1. The Morgan fingerprint density at radius 3 is 1.56 bits per heavy atom. The Morgan fingerprint density at radius 2 is 1.12 bits per heavy atom. The lowest BCUT2D eigenvalue weighted by atomic mass is 10.2. The van der Waals surface area contributed by atoms with Crippen LogP contribution in [0.15, 0.2) is 0 Å². The molecule has 0 amide bonds. The summed E-state index contributed by atoms with van der Waals surface area (Å²) in [6.07, 6.45) is 3.23. The molecule has 0 saturated carbocycles. The van der Waals surface area contributed by atoms with Crippen LogP contribution in [-0.2, 0) is 33.2 Å². The van der Waals surface area contributed by atoms with E-state index in [1.54, 1.807) is 0 Å². The van der Waals surface area contributed by atoms with Crippen LogP contribution in [0.1, 0.15) is 19.3 Å². The molecule has 0 aromatic carbocycles. The van der Waals surface area contributed by atoms with Gasteiger partial charge in [0.15, 0.2) is 6.29 Å². The molecule has 1 fully saturated rings. The van der Waals surface area contributed by atoms with Crippen LogP contribution in [0, 0.1) is 0 Å². The molecule has 1 N–H and O–H groups in total. The van der Waals surface area contributed by atoms with Gasteiger partial charge in [-0.3, -0.25) is 0 Å². The van der Waals surface area contributed by atoms with Crippen molar-refractivity contribution in [3.8, 4) is 0 Å². The summed E-state index contributed by atoms with van der Waals surface area (Å²) in [6.45, 7) is 6.51. The van der Waals surface area contributed by atoms with Crippen LogP contribution < -0.4 is 0 Å². The third-order valence-electron chi connectivity index (χ3n) is 3.39. The first-order chi connectivity index (χ1) is 12.4. The van der Waals surface area contributed by atoms with Gasteiger partial charge in [0.25, 0.3) is 0 Å². The lowest BCUT2D eigenvalue weighted by Gasteiger charge is -2.22. The first kappa shape index (κ1) is 22.7. The average molecular weight is 366 g/mol. The van der Waals surface area contributed by atoms with Gasteiger partial charge in [-0.15, -0.1) is 0 Å². The maximum Gasteiger partial charge on any atom is 0.157 e. The van der Waals surface area contributed by atoms with E-state index in [9.17, 15) is 0 Å². The van der Waals surface area contributed by atoms with Gasteiger partial charge in [0, 0.05) is 6.61 Å². The zero-order valence-electron chi connectivity index (χ0n) is 15.2. The molecule has 0 aromatic heterocycles. The second kappa shape index (κ2) is 18.5. The molecule has 1 aliphatic rings. The summed E-state index contributed by atoms with van der Waals surface area (Å²) >= 11 is 0. The van der Waals surface area contributed by atoms with Gasteiger partial charge in [-0.05, 0) is 19.3 Å². The Balaban J connectivity index is 1.65. The molecule has 0 bridgehead atoms. The van der Waals surface area contributed by atoms with Crippen LogP contribution in [0.2, 0.25) is 0 Å². The number of aliphatic hydroxyl groups is 1. The fourth-order valence-corrected chi connectivity index (χ4v) is 2.13. The van der Waals surface area contributed by atoms with Crippen LogP contribution in [-0.4, -0.2) is 97.3 Å². The predicted molar refractivity (Wildman–Crippen MR) is 90.7 cm³/mol. The van der Waals surface area contributed by atoms with Gasteiger partial charge < -0.3 is 38.3 Å². The minimum absolute atomic E-state index is 0.0390. The Kier molecular flexibility index (Phi) is 16.8. The highest BCUT2D eigenvalue weighted by atomic mass is 16.7. The summed E-state index contributed by atoms with van der Waals surface area (Å²) < 4.78 is 37.6. The zero-order chi connectivity index (χ0) is 17.8. The van der Waals surface area contributed by atoms with Crippen LogP contribution in [0.25, 0.3) is 0 Å².